The minimum Gasteiger partial charge on any atom is -0.507 e. The topological polar surface area (TPSA) is 37.3 Å². The summed E-state index contributed by atoms with van der Waals surface area (Å²) in [6.45, 7) is 5.65. The van der Waals surface area contributed by atoms with Crippen LogP contribution in [0.4, 0.5) is 0 Å². The number of phenols is 1. The monoisotopic (exact) mass is 270 g/mol. The van der Waals surface area contributed by atoms with Crippen molar-refractivity contribution in [2.45, 2.75) is 27.2 Å². The highest BCUT2D eigenvalue weighted by Gasteiger charge is 2.16. The van der Waals surface area contributed by atoms with E-state index in [0.29, 0.717) is 5.56 Å². The van der Waals surface area contributed by atoms with Crippen LogP contribution in [0, 0.1) is 5.92 Å². The van der Waals surface area contributed by atoms with Crippen molar-refractivity contribution >= 4 is 21.7 Å². The van der Waals surface area contributed by atoms with Crippen molar-refractivity contribution in [1.82, 2.24) is 0 Å². The van der Waals surface area contributed by atoms with E-state index in [1.54, 1.807) is 12.1 Å². The molecule has 0 aliphatic carbocycles. The van der Waals surface area contributed by atoms with Crippen molar-refractivity contribution in [1.29, 1.82) is 0 Å². The Balaban J connectivity index is 3.22. The zero-order valence-electron chi connectivity index (χ0n) is 9.17. The lowest BCUT2D eigenvalue weighted by molar-refractivity contribution is 0.0936. The third-order valence-electron chi connectivity index (χ3n) is 2.34. The molecule has 0 aliphatic heterocycles. The normalized spacial score (nSPS) is 10.7. The van der Waals surface area contributed by atoms with E-state index in [1.165, 1.54) is 0 Å². The Kier molecular flexibility index (Phi) is 3.91. The van der Waals surface area contributed by atoms with Gasteiger partial charge in [-0.05, 0) is 24.1 Å². The lowest BCUT2D eigenvalue weighted by Gasteiger charge is -2.09. The summed E-state index contributed by atoms with van der Waals surface area (Å²) in [5.41, 5.74) is 1.40. The van der Waals surface area contributed by atoms with Crippen molar-refractivity contribution < 1.29 is 9.90 Å². The molecule has 0 heterocycles. The highest BCUT2D eigenvalue weighted by molar-refractivity contribution is 9.10. The summed E-state index contributed by atoms with van der Waals surface area (Å²) in [5, 5.41) is 9.72. The first-order chi connectivity index (χ1) is 6.97. The first-order valence-electron chi connectivity index (χ1n) is 5.03. The molecule has 3 heteroatoms. The Morgan fingerprint density at radius 1 is 1.47 bits per heavy atom. The predicted octanol–water partition coefficient (Wildman–Crippen LogP) is 3.56. The molecule has 0 aliphatic rings. The van der Waals surface area contributed by atoms with E-state index in [0.717, 1.165) is 16.5 Å². The molecule has 1 rings (SSSR count). The standard InChI is InChI=1S/C12H15BrO2/c1-4-8-5-11(14)9(6-10(8)13)12(15)7(2)3/h5-7,14H,4H2,1-3H3. The van der Waals surface area contributed by atoms with Gasteiger partial charge in [-0.1, -0.05) is 36.7 Å². The van der Waals surface area contributed by atoms with Crippen LogP contribution in [-0.4, -0.2) is 10.9 Å². The van der Waals surface area contributed by atoms with Crippen LogP contribution >= 0.6 is 15.9 Å². The summed E-state index contributed by atoms with van der Waals surface area (Å²) in [4.78, 5) is 11.7. The second kappa shape index (κ2) is 4.79. The number of ketones is 1. The number of benzene rings is 1. The minimum atomic E-state index is -0.102. The average molecular weight is 271 g/mol. The van der Waals surface area contributed by atoms with Crippen LogP contribution in [-0.2, 0) is 6.42 Å². The third-order valence-corrected chi connectivity index (χ3v) is 3.07. The zero-order chi connectivity index (χ0) is 11.6. The predicted molar refractivity (Wildman–Crippen MR) is 64.4 cm³/mol. The average Bonchev–Trinajstić information content (AvgIpc) is 2.19. The number of carbonyl (C=O) groups is 1. The van der Waals surface area contributed by atoms with Crippen molar-refractivity contribution in [2.75, 3.05) is 0 Å². The third kappa shape index (κ3) is 2.59. The lowest BCUT2D eigenvalue weighted by atomic mass is 9.98. The minimum absolute atomic E-state index is 0.0316. The van der Waals surface area contributed by atoms with Crippen LogP contribution < -0.4 is 0 Å². The van der Waals surface area contributed by atoms with Crippen LogP contribution in [0.3, 0.4) is 0 Å². The molecule has 2 nitrogen and oxygen atoms in total. The maximum atomic E-state index is 11.7. The zero-order valence-corrected chi connectivity index (χ0v) is 10.8. The first-order valence-corrected chi connectivity index (χ1v) is 5.82. The number of hydrogen-bond acceptors (Lipinski definition) is 2. The summed E-state index contributed by atoms with van der Waals surface area (Å²) >= 11 is 3.40. The first kappa shape index (κ1) is 12.2. The number of carbonyl (C=O) groups excluding carboxylic acids is 1. The fourth-order valence-electron chi connectivity index (χ4n) is 1.38. The molecule has 0 saturated carbocycles. The number of aryl methyl sites for hydroxylation is 1. The van der Waals surface area contributed by atoms with E-state index in [9.17, 15) is 9.90 Å². The van der Waals surface area contributed by atoms with Crippen LogP contribution in [0.2, 0.25) is 0 Å². The van der Waals surface area contributed by atoms with Crippen molar-refractivity contribution in [2.24, 2.45) is 5.92 Å². The van der Waals surface area contributed by atoms with Gasteiger partial charge in [-0.25, -0.2) is 0 Å². The molecule has 15 heavy (non-hydrogen) atoms. The van der Waals surface area contributed by atoms with Crippen LogP contribution in [0.15, 0.2) is 16.6 Å². The molecule has 1 aromatic rings. The Morgan fingerprint density at radius 3 is 2.53 bits per heavy atom. The molecule has 82 valence electrons. The van der Waals surface area contributed by atoms with Gasteiger partial charge in [0.25, 0.3) is 0 Å². The van der Waals surface area contributed by atoms with Gasteiger partial charge < -0.3 is 5.11 Å². The van der Waals surface area contributed by atoms with E-state index in [1.807, 2.05) is 20.8 Å². The largest absolute Gasteiger partial charge is 0.507 e. The SMILES string of the molecule is CCc1cc(O)c(C(=O)C(C)C)cc1Br. The lowest BCUT2D eigenvalue weighted by Crippen LogP contribution is -2.08. The van der Waals surface area contributed by atoms with Gasteiger partial charge in [0.05, 0.1) is 5.56 Å². The van der Waals surface area contributed by atoms with Gasteiger partial charge in [0.1, 0.15) is 5.75 Å². The van der Waals surface area contributed by atoms with Gasteiger partial charge >= 0.3 is 0 Å². The smallest absolute Gasteiger partial charge is 0.169 e. The molecule has 0 fully saturated rings. The number of halogens is 1. The Bertz CT molecular complexity index is 383. The summed E-state index contributed by atoms with van der Waals surface area (Å²) in [6.07, 6.45) is 0.824. The summed E-state index contributed by atoms with van der Waals surface area (Å²) in [7, 11) is 0. The van der Waals surface area contributed by atoms with Crippen LogP contribution in [0.5, 0.6) is 5.75 Å². The van der Waals surface area contributed by atoms with Crippen molar-refractivity contribution in [3.63, 3.8) is 0 Å². The van der Waals surface area contributed by atoms with Gasteiger partial charge in [-0.2, -0.15) is 0 Å². The Morgan fingerprint density at radius 2 is 2.07 bits per heavy atom. The van der Waals surface area contributed by atoms with Gasteiger partial charge in [-0.15, -0.1) is 0 Å². The van der Waals surface area contributed by atoms with Crippen LogP contribution in [0.25, 0.3) is 0 Å². The van der Waals surface area contributed by atoms with E-state index in [4.69, 9.17) is 0 Å². The molecular formula is C12H15BrO2. The van der Waals surface area contributed by atoms with Crippen molar-refractivity contribution in [3.05, 3.63) is 27.7 Å². The summed E-state index contributed by atoms with van der Waals surface area (Å²) in [6, 6.07) is 3.36. The molecule has 0 amide bonds. The van der Waals surface area contributed by atoms with Gasteiger partial charge in [-0.3, -0.25) is 4.79 Å². The molecule has 0 atom stereocenters. The van der Waals surface area contributed by atoms with E-state index in [2.05, 4.69) is 15.9 Å². The highest BCUT2D eigenvalue weighted by atomic mass is 79.9. The molecule has 0 aromatic heterocycles. The van der Waals surface area contributed by atoms with E-state index < -0.39 is 0 Å². The maximum absolute atomic E-state index is 11.7. The molecule has 0 unspecified atom stereocenters. The summed E-state index contributed by atoms with van der Waals surface area (Å²) in [5.74, 6) is -0.0557. The van der Waals surface area contributed by atoms with Crippen LogP contribution in [0.1, 0.15) is 36.7 Å². The second-order valence-electron chi connectivity index (χ2n) is 3.83. The van der Waals surface area contributed by atoms with E-state index in [-0.39, 0.29) is 17.5 Å². The molecule has 1 aromatic carbocycles. The van der Waals surface area contributed by atoms with Gasteiger partial charge in [0.2, 0.25) is 0 Å². The number of aromatic hydroxyl groups is 1. The summed E-state index contributed by atoms with van der Waals surface area (Å²) < 4.78 is 0.881. The second-order valence-corrected chi connectivity index (χ2v) is 4.69. The number of hydrogen-bond donors (Lipinski definition) is 1. The molecule has 0 saturated heterocycles. The van der Waals surface area contributed by atoms with E-state index >= 15 is 0 Å². The quantitative estimate of drug-likeness (QED) is 0.853. The molecular weight excluding hydrogens is 256 g/mol. The van der Waals surface area contributed by atoms with Gasteiger partial charge in [0.15, 0.2) is 5.78 Å². The highest BCUT2D eigenvalue weighted by Crippen LogP contribution is 2.28. The maximum Gasteiger partial charge on any atom is 0.169 e. The number of Topliss-reactive ketones (excluding diaryl/α,β-unsaturated/α-hetero) is 1. The fraction of sp³-hybridized carbons (Fsp3) is 0.417. The molecule has 1 N–H and O–H groups in total. The number of rotatable bonds is 3. The van der Waals surface area contributed by atoms with Gasteiger partial charge in [0, 0.05) is 10.4 Å². The molecule has 0 radical (unpaired) electrons. The number of phenolic OH excluding ortho intramolecular Hbond substituents is 1. The fourth-order valence-corrected chi connectivity index (χ4v) is 2.01. The Hall–Kier alpha value is -0.830. The molecule has 0 bridgehead atoms. The Labute approximate surface area is 98.4 Å². The van der Waals surface area contributed by atoms with Crippen molar-refractivity contribution in [3.8, 4) is 5.75 Å². The molecule has 0 spiro atoms.